The molecule has 134 valence electrons. The van der Waals surface area contributed by atoms with Crippen LogP contribution in [0.5, 0.6) is 0 Å². The average Bonchev–Trinajstić information content (AvgIpc) is 2.85. The Bertz CT molecular complexity index is 877. The molecule has 1 saturated heterocycles. The normalized spacial score (nSPS) is 19.2. The first-order chi connectivity index (χ1) is 12.3. The van der Waals surface area contributed by atoms with Crippen LogP contribution in [0.2, 0.25) is 0 Å². The number of ketones is 1. The van der Waals surface area contributed by atoms with Gasteiger partial charge in [0, 0.05) is 12.1 Å². The SMILES string of the molecule is O=C1CCC(N2C(=O)c3cccc(NCC(=O)C(=O)O)c3C2=O)C(=O)N1. The van der Waals surface area contributed by atoms with Crippen molar-refractivity contribution in [2.75, 3.05) is 11.9 Å². The van der Waals surface area contributed by atoms with Gasteiger partial charge < -0.3 is 10.4 Å². The Morgan fingerprint density at radius 2 is 1.92 bits per heavy atom. The van der Waals surface area contributed by atoms with Gasteiger partial charge in [-0.05, 0) is 18.6 Å². The van der Waals surface area contributed by atoms with E-state index >= 15 is 0 Å². The van der Waals surface area contributed by atoms with Crippen molar-refractivity contribution < 1.29 is 33.9 Å². The van der Waals surface area contributed by atoms with E-state index in [0.717, 1.165) is 4.90 Å². The zero-order chi connectivity index (χ0) is 19.0. The molecule has 2 heterocycles. The van der Waals surface area contributed by atoms with Crippen LogP contribution >= 0.6 is 0 Å². The van der Waals surface area contributed by atoms with Crippen LogP contribution in [0.3, 0.4) is 0 Å². The maximum Gasteiger partial charge on any atom is 0.374 e. The number of anilines is 1. The van der Waals surface area contributed by atoms with Crippen molar-refractivity contribution in [3.8, 4) is 0 Å². The molecule has 0 saturated carbocycles. The molecule has 26 heavy (non-hydrogen) atoms. The van der Waals surface area contributed by atoms with Crippen molar-refractivity contribution in [2.24, 2.45) is 0 Å². The maximum atomic E-state index is 12.7. The third kappa shape index (κ3) is 2.81. The first kappa shape index (κ1) is 17.3. The zero-order valence-electron chi connectivity index (χ0n) is 13.3. The number of hydrogen-bond acceptors (Lipinski definition) is 7. The summed E-state index contributed by atoms with van der Waals surface area (Å²) in [4.78, 5) is 71.2. The molecule has 0 aromatic heterocycles. The fourth-order valence-electron chi connectivity index (χ4n) is 2.91. The number of carboxylic acids is 1. The van der Waals surface area contributed by atoms with Crippen molar-refractivity contribution in [1.29, 1.82) is 0 Å². The number of carbonyl (C=O) groups is 6. The summed E-state index contributed by atoms with van der Waals surface area (Å²) >= 11 is 0. The molecule has 0 aliphatic carbocycles. The lowest BCUT2D eigenvalue weighted by Gasteiger charge is -2.27. The van der Waals surface area contributed by atoms with Gasteiger partial charge in [0.1, 0.15) is 6.04 Å². The van der Waals surface area contributed by atoms with Gasteiger partial charge in [0.2, 0.25) is 11.8 Å². The van der Waals surface area contributed by atoms with Gasteiger partial charge in [0.15, 0.2) is 0 Å². The third-order valence-electron chi connectivity index (χ3n) is 4.15. The van der Waals surface area contributed by atoms with Crippen LogP contribution in [0.1, 0.15) is 33.6 Å². The highest BCUT2D eigenvalue weighted by Crippen LogP contribution is 2.32. The van der Waals surface area contributed by atoms with E-state index in [4.69, 9.17) is 5.11 Å². The van der Waals surface area contributed by atoms with Gasteiger partial charge >= 0.3 is 5.97 Å². The average molecular weight is 359 g/mol. The number of imide groups is 2. The Balaban J connectivity index is 1.89. The Kier molecular flexibility index (Phi) is 4.24. The predicted octanol–water partition coefficient (Wildman–Crippen LogP) is -0.847. The van der Waals surface area contributed by atoms with Crippen LogP contribution in [0.25, 0.3) is 0 Å². The lowest BCUT2D eigenvalue weighted by Crippen LogP contribution is -2.54. The molecule has 1 aromatic carbocycles. The second-order valence-corrected chi connectivity index (χ2v) is 5.76. The summed E-state index contributed by atoms with van der Waals surface area (Å²) in [6.07, 6.45) is 0.0262. The second kappa shape index (κ2) is 6.39. The molecule has 1 aromatic rings. The van der Waals surface area contributed by atoms with Gasteiger partial charge in [-0.15, -0.1) is 0 Å². The van der Waals surface area contributed by atoms with Gasteiger partial charge in [-0.1, -0.05) is 6.07 Å². The van der Waals surface area contributed by atoms with E-state index < -0.39 is 48.0 Å². The zero-order valence-corrected chi connectivity index (χ0v) is 13.3. The molecule has 0 bridgehead atoms. The summed E-state index contributed by atoms with van der Waals surface area (Å²) in [7, 11) is 0. The van der Waals surface area contributed by atoms with Crippen LogP contribution in [0.15, 0.2) is 18.2 Å². The minimum atomic E-state index is -1.63. The number of piperidine rings is 1. The molecule has 1 unspecified atom stereocenters. The van der Waals surface area contributed by atoms with Crippen LogP contribution in [0, 0.1) is 0 Å². The lowest BCUT2D eigenvalue weighted by molar-refractivity contribution is -0.148. The number of benzene rings is 1. The summed E-state index contributed by atoms with van der Waals surface area (Å²) in [6.45, 7) is -0.564. The summed E-state index contributed by atoms with van der Waals surface area (Å²) in [5.74, 6) is -5.37. The second-order valence-electron chi connectivity index (χ2n) is 5.76. The van der Waals surface area contributed by atoms with E-state index in [1.807, 2.05) is 0 Å². The van der Waals surface area contributed by atoms with Gasteiger partial charge in [-0.3, -0.25) is 34.2 Å². The molecule has 3 rings (SSSR count). The summed E-state index contributed by atoms with van der Waals surface area (Å²) in [6, 6.07) is 3.18. The minimum Gasteiger partial charge on any atom is -0.475 e. The molecule has 1 atom stereocenters. The molecule has 0 spiro atoms. The fourth-order valence-corrected chi connectivity index (χ4v) is 2.91. The summed E-state index contributed by atoms with van der Waals surface area (Å²) in [5, 5.41) is 13.2. The van der Waals surface area contributed by atoms with E-state index in [1.165, 1.54) is 18.2 Å². The number of Topliss-reactive ketones (excluding diaryl/α,β-unsaturated/α-hetero) is 1. The molecular formula is C16H13N3O7. The molecule has 10 nitrogen and oxygen atoms in total. The molecule has 3 N–H and O–H groups in total. The van der Waals surface area contributed by atoms with E-state index in [1.54, 1.807) is 0 Å². The van der Waals surface area contributed by atoms with Crippen LogP contribution in [-0.2, 0) is 19.2 Å². The Morgan fingerprint density at radius 3 is 2.58 bits per heavy atom. The number of hydrogen-bond donors (Lipinski definition) is 3. The molecule has 2 aliphatic rings. The Labute approximate surface area is 146 Å². The highest BCUT2D eigenvalue weighted by molar-refractivity contribution is 6.34. The first-order valence-electron chi connectivity index (χ1n) is 7.66. The molecule has 4 amide bonds. The largest absolute Gasteiger partial charge is 0.475 e. The standard InChI is InChI=1S/C16H13N3O7/c20-10(16(25)26)6-17-8-3-1-2-7-12(8)15(24)19(14(7)23)9-4-5-11(21)18-13(9)22/h1-3,9,17H,4-6H2,(H,25,26)(H,18,21,22). The number of nitrogens with zero attached hydrogens (tertiary/aromatic N) is 1. The number of aliphatic carboxylic acids is 1. The van der Waals surface area contributed by atoms with Gasteiger partial charge in [0.05, 0.1) is 17.7 Å². The van der Waals surface area contributed by atoms with Gasteiger partial charge in [0.25, 0.3) is 17.6 Å². The topological polar surface area (TPSA) is 150 Å². The number of nitrogens with one attached hydrogen (secondary N) is 2. The fraction of sp³-hybridized carbons (Fsp3) is 0.250. The summed E-state index contributed by atoms with van der Waals surface area (Å²) < 4.78 is 0. The quantitative estimate of drug-likeness (QED) is 0.455. The van der Waals surface area contributed by atoms with Crippen LogP contribution < -0.4 is 10.6 Å². The van der Waals surface area contributed by atoms with Crippen molar-refractivity contribution in [3.05, 3.63) is 29.3 Å². The van der Waals surface area contributed by atoms with Crippen molar-refractivity contribution in [3.63, 3.8) is 0 Å². The van der Waals surface area contributed by atoms with Crippen molar-refractivity contribution in [2.45, 2.75) is 18.9 Å². The highest BCUT2D eigenvalue weighted by Gasteiger charge is 2.45. The predicted molar refractivity (Wildman–Crippen MR) is 84.2 cm³/mol. The van der Waals surface area contributed by atoms with E-state index in [0.29, 0.717) is 0 Å². The monoisotopic (exact) mass is 359 g/mol. The number of carboxylic acid groups (broad SMARTS) is 1. The molecule has 2 aliphatic heterocycles. The van der Waals surface area contributed by atoms with E-state index in [9.17, 15) is 28.8 Å². The van der Waals surface area contributed by atoms with Crippen molar-refractivity contribution >= 4 is 41.1 Å². The number of rotatable bonds is 5. The third-order valence-corrected chi connectivity index (χ3v) is 4.15. The minimum absolute atomic E-state index is 0.00202. The van der Waals surface area contributed by atoms with Crippen molar-refractivity contribution in [1.82, 2.24) is 10.2 Å². The number of amides is 4. The van der Waals surface area contributed by atoms with E-state index in [-0.39, 0.29) is 29.7 Å². The van der Waals surface area contributed by atoms with Gasteiger partial charge in [-0.2, -0.15) is 0 Å². The highest BCUT2D eigenvalue weighted by atomic mass is 16.4. The smallest absolute Gasteiger partial charge is 0.374 e. The Morgan fingerprint density at radius 1 is 1.19 bits per heavy atom. The molecule has 0 radical (unpaired) electrons. The number of fused-ring (bicyclic) bond motifs is 1. The van der Waals surface area contributed by atoms with Crippen LogP contribution in [0.4, 0.5) is 5.69 Å². The molecular weight excluding hydrogens is 346 g/mol. The molecule has 1 fully saturated rings. The van der Waals surface area contributed by atoms with Crippen LogP contribution in [-0.4, -0.2) is 58.0 Å². The summed E-state index contributed by atoms with van der Waals surface area (Å²) in [5.41, 5.74) is 0.109. The van der Waals surface area contributed by atoms with Gasteiger partial charge in [-0.25, -0.2) is 4.79 Å². The number of carbonyl (C=O) groups excluding carboxylic acids is 5. The molecule has 10 heteroatoms. The lowest BCUT2D eigenvalue weighted by atomic mass is 10.0. The Hall–Kier alpha value is -3.56. The van der Waals surface area contributed by atoms with E-state index in [2.05, 4.69) is 10.6 Å². The maximum absolute atomic E-state index is 12.7. The first-order valence-corrected chi connectivity index (χ1v) is 7.66.